The van der Waals surface area contributed by atoms with Crippen molar-refractivity contribution in [3.63, 3.8) is 0 Å². The van der Waals surface area contributed by atoms with E-state index in [1.807, 2.05) is 23.5 Å². The maximum atomic E-state index is 6.30. The van der Waals surface area contributed by atoms with Crippen LogP contribution in [0.1, 0.15) is 29.9 Å². The molecule has 0 aliphatic heterocycles. The Labute approximate surface area is 348 Å². The number of hydrogen-bond acceptors (Lipinski definition) is 3. The van der Waals surface area contributed by atoms with Gasteiger partial charge in [0.1, 0.15) is 11.2 Å². The van der Waals surface area contributed by atoms with Crippen LogP contribution in [0.25, 0.3) is 64.4 Å². The third-order valence-corrected chi connectivity index (χ3v) is 12.9. The molecule has 2 nitrogen and oxygen atoms in total. The van der Waals surface area contributed by atoms with Gasteiger partial charge in [-0.15, -0.1) is 11.3 Å². The summed E-state index contributed by atoms with van der Waals surface area (Å²) in [6.07, 6.45) is 10.2. The Bertz CT molecular complexity index is 3190. The van der Waals surface area contributed by atoms with Crippen molar-refractivity contribution in [2.75, 3.05) is 4.90 Å². The maximum absolute atomic E-state index is 6.30. The van der Waals surface area contributed by atoms with Crippen molar-refractivity contribution in [1.29, 1.82) is 0 Å². The van der Waals surface area contributed by atoms with E-state index in [0.717, 1.165) is 69.2 Å². The van der Waals surface area contributed by atoms with E-state index in [-0.39, 0.29) is 5.92 Å². The number of allylic oxidation sites excluding steroid dienone is 4. The largest absolute Gasteiger partial charge is 0.456 e. The predicted molar refractivity (Wildman–Crippen MR) is 249 cm³/mol. The van der Waals surface area contributed by atoms with Crippen molar-refractivity contribution in [2.45, 2.75) is 25.2 Å². The van der Waals surface area contributed by atoms with Gasteiger partial charge in [0.25, 0.3) is 0 Å². The Morgan fingerprint density at radius 2 is 1.32 bits per heavy atom. The number of benzene rings is 7. The number of nitrogens with zero attached hydrogens (tertiary/aromatic N) is 1. The Morgan fingerprint density at radius 3 is 2.14 bits per heavy atom. The molecule has 3 heteroatoms. The van der Waals surface area contributed by atoms with E-state index < -0.39 is 0 Å². The second-order valence-electron chi connectivity index (χ2n) is 15.4. The minimum Gasteiger partial charge on any atom is -0.456 e. The average Bonchev–Trinajstić information content (AvgIpc) is 3.89. The lowest BCUT2D eigenvalue weighted by Gasteiger charge is -2.26. The number of para-hydroxylation sites is 1. The molecule has 0 amide bonds. The molecule has 1 unspecified atom stereocenters. The fourth-order valence-corrected chi connectivity index (χ4v) is 10.1. The third kappa shape index (κ3) is 6.49. The van der Waals surface area contributed by atoms with Gasteiger partial charge in [0, 0.05) is 44.2 Å². The molecule has 1 aliphatic carbocycles. The zero-order valence-electron chi connectivity index (χ0n) is 32.4. The summed E-state index contributed by atoms with van der Waals surface area (Å²) >= 11 is 1.85. The molecule has 59 heavy (non-hydrogen) atoms. The van der Waals surface area contributed by atoms with Gasteiger partial charge >= 0.3 is 0 Å². The fraction of sp³-hybridized carbons (Fsp3) is 0.0714. The normalized spacial score (nSPS) is 13.2. The van der Waals surface area contributed by atoms with Crippen LogP contribution in [0.4, 0.5) is 17.1 Å². The molecule has 0 radical (unpaired) electrons. The van der Waals surface area contributed by atoms with Gasteiger partial charge < -0.3 is 9.32 Å². The van der Waals surface area contributed by atoms with Gasteiger partial charge in [-0.1, -0.05) is 158 Å². The topological polar surface area (TPSA) is 16.4 Å². The van der Waals surface area contributed by atoms with Crippen molar-refractivity contribution < 1.29 is 4.42 Å². The van der Waals surface area contributed by atoms with Gasteiger partial charge in [-0.3, -0.25) is 0 Å². The smallest absolute Gasteiger partial charge is 0.135 e. The molecule has 0 saturated carbocycles. The first-order chi connectivity index (χ1) is 29.2. The molecule has 8 aromatic carbocycles. The van der Waals surface area contributed by atoms with Gasteiger partial charge in [0.2, 0.25) is 0 Å². The molecule has 1 atom stereocenters. The monoisotopic (exact) mass is 773 g/mol. The van der Waals surface area contributed by atoms with E-state index >= 15 is 0 Å². The Morgan fingerprint density at radius 1 is 0.610 bits per heavy atom. The number of anilines is 3. The molecule has 0 spiro atoms. The standard InChI is InChI=1S/C56H39NOS/c1-4-15-39(16-5-1)41-31-29-38(30-32-41)35-49(42-19-8-3-9-20-42)47-24-14-28-54-55(47)48-25-13-26-51(56(48)59-54)57(44-22-12-21-43(36-44)40-17-6-2-7-18-40)45-33-34-53-50(37-45)46-23-10-11-27-52(46)58-53/h1-2,4-8,10-12,14-24,26-34,36-37,49H,3,9,35H2. The lowest BCUT2D eigenvalue weighted by atomic mass is 9.81. The van der Waals surface area contributed by atoms with Crippen LogP contribution in [0, 0.1) is 12.1 Å². The molecule has 0 saturated heterocycles. The second-order valence-corrected chi connectivity index (χ2v) is 16.4. The van der Waals surface area contributed by atoms with Gasteiger partial charge in [0.15, 0.2) is 0 Å². The molecule has 280 valence electrons. The predicted octanol–water partition coefficient (Wildman–Crippen LogP) is 16.0. The summed E-state index contributed by atoms with van der Waals surface area (Å²) in [4.78, 5) is 2.40. The van der Waals surface area contributed by atoms with E-state index in [1.165, 1.54) is 48.2 Å². The lowest BCUT2D eigenvalue weighted by Crippen LogP contribution is -2.10. The number of thiophene rings is 1. The third-order valence-electron chi connectivity index (χ3n) is 11.8. The lowest BCUT2D eigenvalue weighted by molar-refractivity contribution is 0.669. The van der Waals surface area contributed by atoms with Crippen LogP contribution >= 0.6 is 11.3 Å². The van der Waals surface area contributed by atoms with E-state index in [2.05, 4.69) is 199 Å². The van der Waals surface area contributed by atoms with Crippen molar-refractivity contribution in [2.24, 2.45) is 0 Å². The SMILES string of the molecule is c1cc(N(c2cccc(-c3ccccc3)c2)c2ccc3oc4ccccc4c3c2)c2sc3cccc(C(Cc4ccc(-c5ccccc5)cc4)C4=CCCC=C4)c3c2c#1. The highest BCUT2D eigenvalue weighted by Gasteiger charge is 2.25. The van der Waals surface area contributed by atoms with E-state index in [0.29, 0.717) is 0 Å². The summed E-state index contributed by atoms with van der Waals surface area (Å²) < 4.78 is 8.75. The van der Waals surface area contributed by atoms with Crippen molar-refractivity contribution in [3.05, 3.63) is 223 Å². The highest BCUT2D eigenvalue weighted by molar-refractivity contribution is 7.26. The van der Waals surface area contributed by atoms with Gasteiger partial charge in [-0.25, -0.2) is 0 Å². The molecular weight excluding hydrogens is 735 g/mol. The number of hydrogen-bond donors (Lipinski definition) is 0. The number of fused-ring (bicyclic) bond motifs is 6. The molecular formula is C56H39NOS. The highest BCUT2D eigenvalue weighted by atomic mass is 32.1. The summed E-state index contributed by atoms with van der Waals surface area (Å²) in [5.74, 6) is 0.183. The van der Waals surface area contributed by atoms with Crippen LogP contribution in [0.15, 0.2) is 204 Å². The van der Waals surface area contributed by atoms with Crippen LogP contribution in [0.5, 0.6) is 0 Å². The van der Waals surface area contributed by atoms with Crippen LogP contribution < -0.4 is 4.90 Å². The van der Waals surface area contributed by atoms with E-state index in [4.69, 9.17) is 4.42 Å². The summed E-state index contributed by atoms with van der Waals surface area (Å²) in [5.41, 5.74) is 13.9. The average molecular weight is 774 g/mol. The first kappa shape index (κ1) is 35.1. The second kappa shape index (κ2) is 15.0. The zero-order chi connectivity index (χ0) is 39.1. The van der Waals surface area contributed by atoms with Crippen LogP contribution in [-0.2, 0) is 6.42 Å². The quantitative estimate of drug-likeness (QED) is 0.145. The molecule has 2 heterocycles. The Balaban J connectivity index is 1.08. The zero-order valence-corrected chi connectivity index (χ0v) is 33.3. The molecule has 0 bridgehead atoms. The number of rotatable bonds is 9. The minimum absolute atomic E-state index is 0.183. The summed E-state index contributed by atoms with van der Waals surface area (Å²) in [6.45, 7) is 0. The van der Waals surface area contributed by atoms with Crippen molar-refractivity contribution in [1.82, 2.24) is 0 Å². The van der Waals surface area contributed by atoms with Crippen LogP contribution in [-0.4, -0.2) is 0 Å². The van der Waals surface area contributed by atoms with Gasteiger partial charge in [-0.05, 0) is 101 Å². The van der Waals surface area contributed by atoms with E-state index in [1.54, 1.807) is 0 Å². The number of furan rings is 1. The van der Waals surface area contributed by atoms with Crippen LogP contribution in [0.2, 0.25) is 0 Å². The Kier molecular flexibility index (Phi) is 8.91. The Hall–Kier alpha value is -7.12. The highest BCUT2D eigenvalue weighted by Crippen LogP contribution is 2.48. The van der Waals surface area contributed by atoms with Crippen molar-refractivity contribution >= 4 is 70.5 Å². The maximum Gasteiger partial charge on any atom is 0.135 e. The van der Waals surface area contributed by atoms with Crippen LogP contribution in [0.3, 0.4) is 0 Å². The summed E-state index contributed by atoms with van der Waals surface area (Å²) in [7, 11) is 0. The molecule has 0 fully saturated rings. The summed E-state index contributed by atoms with van der Waals surface area (Å²) in [5, 5.41) is 4.59. The molecule has 2 aromatic heterocycles. The fourth-order valence-electron chi connectivity index (χ4n) is 8.91. The molecule has 0 N–H and O–H groups in total. The van der Waals surface area contributed by atoms with E-state index in [9.17, 15) is 0 Å². The summed E-state index contributed by atoms with van der Waals surface area (Å²) in [6, 6.07) is 70.3. The minimum atomic E-state index is 0.183. The molecule has 1 aliphatic rings. The first-order valence-corrected chi connectivity index (χ1v) is 21.2. The molecule has 11 rings (SSSR count). The van der Waals surface area contributed by atoms with Gasteiger partial charge in [-0.2, -0.15) is 0 Å². The van der Waals surface area contributed by atoms with Crippen molar-refractivity contribution in [3.8, 4) is 22.3 Å². The molecule has 10 aromatic rings. The first-order valence-electron chi connectivity index (χ1n) is 20.4. The van der Waals surface area contributed by atoms with Gasteiger partial charge in [0.05, 0.1) is 15.8 Å².